The maximum absolute atomic E-state index is 12.1. The zero-order valence-corrected chi connectivity index (χ0v) is 16.0. The van der Waals surface area contributed by atoms with Gasteiger partial charge in [0, 0.05) is 24.6 Å². The summed E-state index contributed by atoms with van der Waals surface area (Å²) in [7, 11) is 0. The summed E-state index contributed by atoms with van der Waals surface area (Å²) < 4.78 is 15.7. The van der Waals surface area contributed by atoms with E-state index in [1.54, 1.807) is 37.5 Å². The smallest absolute Gasteiger partial charge is 0.414 e. The molecule has 146 valence electrons. The lowest BCUT2D eigenvalue weighted by Gasteiger charge is -2.26. The molecule has 2 heterocycles. The lowest BCUT2D eigenvalue weighted by molar-refractivity contribution is -0.145. The van der Waals surface area contributed by atoms with Crippen LogP contribution in [0.5, 0.6) is 5.75 Å². The summed E-state index contributed by atoms with van der Waals surface area (Å²) in [4.78, 5) is 29.2. The van der Waals surface area contributed by atoms with Crippen LogP contribution in [0.4, 0.5) is 10.6 Å². The highest BCUT2D eigenvalue weighted by Crippen LogP contribution is 2.23. The van der Waals surface area contributed by atoms with E-state index in [0.29, 0.717) is 24.7 Å². The van der Waals surface area contributed by atoms with Gasteiger partial charge in [-0.25, -0.2) is 14.6 Å². The van der Waals surface area contributed by atoms with E-state index >= 15 is 0 Å². The molecule has 0 saturated carbocycles. The number of pyridine rings is 1. The molecular weight excluding hydrogens is 350 g/mol. The number of anilines is 1. The molecule has 8 heteroatoms. The Balaban J connectivity index is 1.96. The number of carbonyl (C=O) groups is 2. The van der Waals surface area contributed by atoms with Crippen LogP contribution in [0.3, 0.4) is 0 Å². The van der Waals surface area contributed by atoms with Crippen molar-refractivity contribution < 1.29 is 23.8 Å². The zero-order valence-electron chi connectivity index (χ0n) is 16.0. The van der Waals surface area contributed by atoms with Crippen LogP contribution in [0.25, 0.3) is 0 Å². The number of aromatic nitrogens is 1. The molecule has 0 spiro atoms. The summed E-state index contributed by atoms with van der Waals surface area (Å²) in [5.41, 5.74) is 0.196. The lowest BCUT2D eigenvalue weighted by Crippen LogP contribution is -2.34. The highest BCUT2D eigenvalue weighted by atomic mass is 16.6. The third-order valence-electron chi connectivity index (χ3n) is 3.25. The van der Waals surface area contributed by atoms with Crippen LogP contribution in [0.15, 0.2) is 42.4 Å². The molecule has 0 aliphatic carbocycles. The first-order chi connectivity index (χ1) is 12.8. The topological polar surface area (TPSA) is 90.0 Å². The average molecular weight is 375 g/mol. The van der Waals surface area contributed by atoms with Crippen LogP contribution in [-0.2, 0) is 14.3 Å². The number of rotatable bonds is 6. The van der Waals surface area contributed by atoms with Gasteiger partial charge < -0.3 is 19.5 Å². The predicted octanol–water partition coefficient (Wildman–Crippen LogP) is 3.08. The molecule has 1 aliphatic heterocycles. The molecule has 0 saturated heterocycles. The van der Waals surface area contributed by atoms with E-state index in [9.17, 15) is 9.59 Å². The number of esters is 1. The lowest BCUT2D eigenvalue weighted by atomic mass is 10.2. The molecule has 27 heavy (non-hydrogen) atoms. The summed E-state index contributed by atoms with van der Waals surface area (Å²) in [5.74, 6) is 0.440. The van der Waals surface area contributed by atoms with Gasteiger partial charge in [0.2, 0.25) is 0 Å². The second-order valence-electron chi connectivity index (χ2n) is 6.68. The van der Waals surface area contributed by atoms with E-state index in [2.05, 4.69) is 10.3 Å². The Morgan fingerprint density at radius 1 is 1.33 bits per heavy atom. The maximum atomic E-state index is 12.1. The van der Waals surface area contributed by atoms with Crippen molar-refractivity contribution in [1.82, 2.24) is 9.88 Å². The Morgan fingerprint density at radius 3 is 2.74 bits per heavy atom. The first-order valence-corrected chi connectivity index (χ1v) is 8.67. The predicted molar refractivity (Wildman–Crippen MR) is 100 cm³/mol. The van der Waals surface area contributed by atoms with E-state index in [1.807, 2.05) is 26.8 Å². The largest absolute Gasteiger partial charge is 0.478 e. The Labute approximate surface area is 158 Å². The highest BCUT2D eigenvalue weighted by molar-refractivity contribution is 5.72. The summed E-state index contributed by atoms with van der Waals surface area (Å²) in [6, 6.07) is 3.41. The fourth-order valence-electron chi connectivity index (χ4n) is 2.12. The number of ether oxygens (including phenoxy) is 3. The Bertz CT molecular complexity index is 737. The van der Waals surface area contributed by atoms with Gasteiger partial charge in [0.15, 0.2) is 18.2 Å². The molecule has 0 unspecified atom stereocenters. The molecule has 1 aromatic heterocycles. The number of allylic oxidation sites excluding steroid dienone is 1. The van der Waals surface area contributed by atoms with Crippen LogP contribution in [0.2, 0.25) is 0 Å². The summed E-state index contributed by atoms with van der Waals surface area (Å²) in [6.07, 6.45) is 6.40. The quantitative estimate of drug-likeness (QED) is 0.764. The SMILES string of the molecule is CCOC(=O)COc1cccnc1NC1=CCN(C(=O)OC(C)(C)C)C=C1. The van der Waals surface area contributed by atoms with Crippen molar-refractivity contribution in [2.45, 2.75) is 33.3 Å². The molecular formula is C19H25N3O5. The molecule has 1 N–H and O–H groups in total. The second kappa shape index (κ2) is 9.07. The van der Waals surface area contributed by atoms with Crippen molar-refractivity contribution in [3.8, 4) is 5.75 Å². The molecule has 2 rings (SSSR count). The maximum Gasteiger partial charge on any atom is 0.414 e. The molecule has 1 aliphatic rings. The molecule has 0 aromatic carbocycles. The Kier molecular flexibility index (Phi) is 6.81. The summed E-state index contributed by atoms with van der Waals surface area (Å²) >= 11 is 0. The minimum Gasteiger partial charge on any atom is -0.478 e. The fraction of sp³-hybridized carbons (Fsp3) is 0.421. The van der Waals surface area contributed by atoms with Crippen molar-refractivity contribution in [3.05, 3.63) is 42.4 Å². The Hall–Kier alpha value is -3.03. The normalized spacial score (nSPS) is 13.6. The first kappa shape index (κ1) is 20.3. The van der Waals surface area contributed by atoms with Crippen LogP contribution < -0.4 is 10.1 Å². The number of nitrogens with one attached hydrogen (secondary N) is 1. The highest BCUT2D eigenvalue weighted by Gasteiger charge is 2.21. The first-order valence-electron chi connectivity index (χ1n) is 8.67. The zero-order chi connectivity index (χ0) is 19.9. The van der Waals surface area contributed by atoms with Crippen LogP contribution in [0, 0.1) is 0 Å². The standard InChI is InChI=1S/C19H25N3O5/c1-5-25-16(23)13-26-15-7-6-10-20-17(15)21-14-8-11-22(12-9-14)18(24)27-19(2,3)4/h6-11H,5,12-13H2,1-4H3,(H,20,21). The van der Waals surface area contributed by atoms with Gasteiger partial charge in [-0.3, -0.25) is 4.90 Å². The second-order valence-corrected chi connectivity index (χ2v) is 6.68. The summed E-state index contributed by atoms with van der Waals surface area (Å²) in [6.45, 7) is 7.65. The van der Waals surface area contributed by atoms with Crippen molar-refractivity contribution in [3.63, 3.8) is 0 Å². The van der Waals surface area contributed by atoms with Gasteiger partial charge in [0.05, 0.1) is 6.61 Å². The molecule has 0 fully saturated rings. The fourth-order valence-corrected chi connectivity index (χ4v) is 2.12. The van der Waals surface area contributed by atoms with Gasteiger partial charge in [0.25, 0.3) is 0 Å². The van der Waals surface area contributed by atoms with Crippen LogP contribution in [-0.4, -0.2) is 47.3 Å². The molecule has 0 bridgehead atoms. The van der Waals surface area contributed by atoms with Crippen LogP contribution >= 0.6 is 0 Å². The molecule has 8 nitrogen and oxygen atoms in total. The minimum absolute atomic E-state index is 0.199. The van der Waals surface area contributed by atoms with Gasteiger partial charge in [-0.1, -0.05) is 0 Å². The van der Waals surface area contributed by atoms with Crippen molar-refractivity contribution in [2.75, 3.05) is 25.1 Å². The van der Waals surface area contributed by atoms with E-state index in [1.165, 1.54) is 4.90 Å². The third kappa shape index (κ3) is 6.65. The monoisotopic (exact) mass is 375 g/mol. The minimum atomic E-state index is -0.549. The number of carbonyl (C=O) groups excluding carboxylic acids is 2. The van der Waals surface area contributed by atoms with E-state index in [0.717, 1.165) is 5.70 Å². The number of hydrogen-bond acceptors (Lipinski definition) is 7. The van der Waals surface area contributed by atoms with Crippen molar-refractivity contribution >= 4 is 17.9 Å². The molecule has 0 atom stereocenters. The number of amides is 1. The van der Waals surface area contributed by atoms with Gasteiger partial charge in [-0.05, 0) is 52.0 Å². The van der Waals surface area contributed by atoms with Gasteiger partial charge >= 0.3 is 12.1 Å². The van der Waals surface area contributed by atoms with Crippen molar-refractivity contribution in [1.29, 1.82) is 0 Å². The van der Waals surface area contributed by atoms with Gasteiger partial charge in [-0.15, -0.1) is 0 Å². The molecule has 1 aromatic rings. The van der Waals surface area contributed by atoms with E-state index in [4.69, 9.17) is 14.2 Å². The number of nitrogens with zero attached hydrogens (tertiary/aromatic N) is 2. The molecule has 1 amide bonds. The van der Waals surface area contributed by atoms with Crippen LogP contribution in [0.1, 0.15) is 27.7 Å². The van der Waals surface area contributed by atoms with E-state index < -0.39 is 17.7 Å². The van der Waals surface area contributed by atoms with Gasteiger partial charge in [0.1, 0.15) is 5.60 Å². The third-order valence-corrected chi connectivity index (χ3v) is 3.25. The van der Waals surface area contributed by atoms with E-state index in [-0.39, 0.29) is 6.61 Å². The average Bonchev–Trinajstić information content (AvgIpc) is 2.60. The van der Waals surface area contributed by atoms with Crippen molar-refractivity contribution in [2.24, 2.45) is 0 Å². The van der Waals surface area contributed by atoms with Gasteiger partial charge in [-0.2, -0.15) is 0 Å². The summed E-state index contributed by atoms with van der Waals surface area (Å²) in [5, 5.41) is 3.12. The number of hydrogen-bond donors (Lipinski definition) is 1. The Morgan fingerprint density at radius 2 is 2.11 bits per heavy atom. The molecule has 0 radical (unpaired) electrons.